The number of aryl methyl sites for hydroxylation is 3. The van der Waals surface area contributed by atoms with Gasteiger partial charge in [0, 0.05) is 11.8 Å². The van der Waals surface area contributed by atoms with Gasteiger partial charge in [0.15, 0.2) is 4.96 Å². The molecule has 0 spiro atoms. The molecule has 0 bridgehead atoms. The van der Waals surface area contributed by atoms with Crippen LogP contribution in [0.3, 0.4) is 0 Å². The second kappa shape index (κ2) is 6.06. The summed E-state index contributed by atoms with van der Waals surface area (Å²) in [5, 5.41) is 0. The number of fused-ring (bicyclic) bond motifs is 3. The van der Waals surface area contributed by atoms with E-state index in [1.165, 1.54) is 51.7 Å². The van der Waals surface area contributed by atoms with E-state index in [4.69, 9.17) is 4.98 Å². The molecule has 0 N–H and O–H groups in total. The normalized spacial score (nSPS) is 11.6. The summed E-state index contributed by atoms with van der Waals surface area (Å²) in [6.45, 7) is 6.53. The minimum absolute atomic E-state index is 1.07. The van der Waals surface area contributed by atoms with Crippen molar-refractivity contribution in [2.75, 3.05) is 0 Å². The Bertz CT molecular complexity index is 1020. The van der Waals surface area contributed by atoms with Crippen LogP contribution in [0, 0.1) is 13.8 Å². The number of benzene rings is 2. The van der Waals surface area contributed by atoms with Gasteiger partial charge in [0.1, 0.15) is 0 Å². The van der Waals surface area contributed by atoms with Crippen molar-refractivity contribution in [3.63, 3.8) is 0 Å². The van der Waals surface area contributed by atoms with Crippen molar-refractivity contribution in [1.29, 1.82) is 0 Å². The molecule has 2 aromatic carbocycles. The van der Waals surface area contributed by atoms with Crippen LogP contribution >= 0.6 is 11.3 Å². The average molecular weight is 334 g/mol. The highest BCUT2D eigenvalue weighted by Crippen LogP contribution is 2.31. The van der Waals surface area contributed by atoms with E-state index in [2.05, 4.69) is 67.8 Å². The fraction of sp³-hybridized carbons (Fsp3) is 0.286. The van der Waals surface area contributed by atoms with Gasteiger partial charge in [0.05, 0.1) is 15.9 Å². The van der Waals surface area contributed by atoms with Crippen LogP contribution in [0.5, 0.6) is 0 Å². The van der Waals surface area contributed by atoms with Crippen LogP contribution in [0.4, 0.5) is 0 Å². The minimum atomic E-state index is 1.07. The molecule has 2 heterocycles. The van der Waals surface area contributed by atoms with Gasteiger partial charge in [-0.3, -0.25) is 4.40 Å². The molecule has 0 unspecified atom stereocenters. The van der Waals surface area contributed by atoms with Crippen LogP contribution in [0.25, 0.3) is 26.4 Å². The van der Waals surface area contributed by atoms with Gasteiger partial charge in [0.25, 0.3) is 0 Å². The van der Waals surface area contributed by atoms with E-state index in [1.54, 1.807) is 11.3 Å². The number of imidazole rings is 1. The lowest BCUT2D eigenvalue weighted by molar-refractivity contribution is 0.796. The maximum absolute atomic E-state index is 4.88. The molecular weight excluding hydrogens is 312 g/mol. The Kier molecular flexibility index (Phi) is 3.89. The summed E-state index contributed by atoms with van der Waals surface area (Å²) < 4.78 is 3.57. The Morgan fingerprint density at radius 2 is 1.96 bits per heavy atom. The highest BCUT2D eigenvalue weighted by Gasteiger charge is 2.12. The lowest BCUT2D eigenvalue weighted by Crippen LogP contribution is -1.85. The monoisotopic (exact) mass is 334 g/mol. The van der Waals surface area contributed by atoms with E-state index >= 15 is 0 Å². The van der Waals surface area contributed by atoms with Crippen LogP contribution in [0.2, 0.25) is 0 Å². The van der Waals surface area contributed by atoms with Gasteiger partial charge in [-0.25, -0.2) is 4.98 Å². The molecule has 3 heteroatoms. The van der Waals surface area contributed by atoms with Crippen molar-refractivity contribution in [3.8, 4) is 11.3 Å². The molecule has 4 aromatic rings. The number of rotatable bonds is 4. The van der Waals surface area contributed by atoms with Crippen molar-refractivity contribution >= 4 is 26.5 Å². The number of hydrogen-bond donors (Lipinski definition) is 0. The Morgan fingerprint density at radius 3 is 2.75 bits per heavy atom. The minimum Gasteiger partial charge on any atom is -0.290 e. The molecule has 0 atom stereocenters. The molecule has 24 heavy (non-hydrogen) atoms. The van der Waals surface area contributed by atoms with E-state index < -0.39 is 0 Å². The number of hydrogen-bond acceptors (Lipinski definition) is 2. The Labute approximate surface area is 146 Å². The quantitative estimate of drug-likeness (QED) is 0.436. The Hall–Kier alpha value is -2.13. The van der Waals surface area contributed by atoms with Crippen LogP contribution in [0.15, 0.2) is 42.6 Å². The number of unbranched alkanes of at least 4 members (excludes halogenated alkanes) is 1. The van der Waals surface area contributed by atoms with Crippen LogP contribution in [0.1, 0.15) is 36.5 Å². The van der Waals surface area contributed by atoms with Crippen molar-refractivity contribution in [2.24, 2.45) is 0 Å². The topological polar surface area (TPSA) is 17.3 Å². The maximum Gasteiger partial charge on any atom is 0.195 e. The lowest BCUT2D eigenvalue weighted by atomic mass is 10.0. The van der Waals surface area contributed by atoms with Gasteiger partial charge in [-0.05, 0) is 49.9 Å². The molecule has 0 aliphatic carbocycles. The first-order chi connectivity index (χ1) is 11.7. The van der Waals surface area contributed by atoms with E-state index in [0.29, 0.717) is 0 Å². The summed E-state index contributed by atoms with van der Waals surface area (Å²) in [7, 11) is 0. The molecule has 0 saturated carbocycles. The fourth-order valence-electron chi connectivity index (χ4n) is 3.31. The smallest absolute Gasteiger partial charge is 0.195 e. The first-order valence-electron chi connectivity index (χ1n) is 8.64. The summed E-state index contributed by atoms with van der Waals surface area (Å²) in [5.74, 6) is 0. The van der Waals surface area contributed by atoms with Crippen LogP contribution in [-0.4, -0.2) is 9.38 Å². The van der Waals surface area contributed by atoms with E-state index in [9.17, 15) is 0 Å². The summed E-state index contributed by atoms with van der Waals surface area (Å²) in [5.41, 5.74) is 7.57. The molecule has 0 saturated heterocycles. The van der Waals surface area contributed by atoms with E-state index in [0.717, 1.165) is 10.7 Å². The van der Waals surface area contributed by atoms with Gasteiger partial charge in [-0.2, -0.15) is 0 Å². The Morgan fingerprint density at radius 1 is 1.08 bits per heavy atom. The molecule has 0 aliphatic rings. The SMILES string of the molecule is CCCCc1ccc2c(c1)sc1nc(-c3ccc(C)cc3C)cn12. The highest BCUT2D eigenvalue weighted by molar-refractivity contribution is 7.23. The first-order valence-corrected chi connectivity index (χ1v) is 9.45. The predicted octanol–water partition coefficient (Wildman–Crippen LogP) is 6.18. The first kappa shape index (κ1) is 15.4. The third-order valence-electron chi connectivity index (χ3n) is 4.64. The standard InChI is InChI=1S/C21H22N2S/c1-4-5-6-16-8-10-19-20(12-16)24-21-22-18(13-23(19)21)17-9-7-14(2)11-15(17)3/h7-13H,4-6H2,1-3H3. The molecule has 0 amide bonds. The second-order valence-electron chi connectivity index (χ2n) is 6.60. The Balaban J connectivity index is 1.78. The molecular formula is C21H22N2S. The van der Waals surface area contributed by atoms with Crippen molar-refractivity contribution in [1.82, 2.24) is 9.38 Å². The zero-order chi connectivity index (χ0) is 16.7. The average Bonchev–Trinajstić information content (AvgIpc) is 3.10. The van der Waals surface area contributed by atoms with Crippen molar-refractivity contribution in [3.05, 3.63) is 59.3 Å². The molecule has 0 aliphatic heterocycles. The van der Waals surface area contributed by atoms with Crippen LogP contribution in [-0.2, 0) is 6.42 Å². The molecule has 0 fully saturated rings. The summed E-state index contributed by atoms with van der Waals surface area (Å²) in [4.78, 5) is 5.96. The van der Waals surface area contributed by atoms with Gasteiger partial charge in [-0.15, -0.1) is 0 Å². The maximum atomic E-state index is 4.88. The molecule has 4 rings (SSSR count). The van der Waals surface area contributed by atoms with Gasteiger partial charge >= 0.3 is 0 Å². The second-order valence-corrected chi connectivity index (χ2v) is 7.61. The largest absolute Gasteiger partial charge is 0.290 e. The van der Waals surface area contributed by atoms with Crippen molar-refractivity contribution < 1.29 is 0 Å². The molecule has 0 radical (unpaired) electrons. The third-order valence-corrected chi connectivity index (χ3v) is 5.65. The number of nitrogens with zero attached hydrogens (tertiary/aromatic N) is 2. The summed E-state index contributed by atoms with van der Waals surface area (Å²) in [6, 6.07) is 13.4. The highest BCUT2D eigenvalue weighted by atomic mass is 32.1. The molecule has 2 aromatic heterocycles. The zero-order valence-corrected chi connectivity index (χ0v) is 15.3. The van der Waals surface area contributed by atoms with Crippen molar-refractivity contribution in [2.45, 2.75) is 40.0 Å². The van der Waals surface area contributed by atoms with Gasteiger partial charge in [0.2, 0.25) is 0 Å². The van der Waals surface area contributed by atoms with E-state index in [-0.39, 0.29) is 0 Å². The third kappa shape index (κ3) is 2.63. The zero-order valence-electron chi connectivity index (χ0n) is 14.5. The predicted molar refractivity (Wildman–Crippen MR) is 104 cm³/mol. The molecule has 122 valence electrons. The van der Waals surface area contributed by atoms with Gasteiger partial charge < -0.3 is 0 Å². The fourth-order valence-corrected chi connectivity index (χ4v) is 4.38. The number of thiazole rings is 1. The van der Waals surface area contributed by atoms with E-state index in [1.807, 2.05) is 0 Å². The van der Waals surface area contributed by atoms with Gasteiger partial charge in [-0.1, -0.05) is 54.5 Å². The summed E-state index contributed by atoms with van der Waals surface area (Å²) in [6.07, 6.45) is 5.84. The van der Waals surface area contributed by atoms with Crippen LogP contribution < -0.4 is 0 Å². The lowest BCUT2D eigenvalue weighted by Gasteiger charge is -2.03. The number of aromatic nitrogens is 2. The summed E-state index contributed by atoms with van der Waals surface area (Å²) >= 11 is 1.79. The molecule has 2 nitrogen and oxygen atoms in total.